The molecule has 0 aliphatic heterocycles. The largest absolute Gasteiger partial charge is 0.466 e. The second kappa shape index (κ2) is 5.33. The SMILES string of the molecule is CCOC(=O)Cc1ccc(F)c(F)c1[N+](=O)[O-]. The minimum absolute atomic E-state index is 0.107. The molecule has 0 bridgehead atoms. The highest BCUT2D eigenvalue weighted by Gasteiger charge is 2.25. The number of hydrogen-bond acceptors (Lipinski definition) is 4. The first-order valence-electron chi connectivity index (χ1n) is 4.74. The zero-order chi connectivity index (χ0) is 13.0. The highest BCUT2D eigenvalue weighted by molar-refractivity contribution is 5.74. The van der Waals surface area contributed by atoms with Crippen LogP contribution in [-0.4, -0.2) is 17.5 Å². The Hall–Kier alpha value is -2.05. The van der Waals surface area contributed by atoms with Crippen molar-refractivity contribution in [3.8, 4) is 0 Å². The van der Waals surface area contributed by atoms with Crippen molar-refractivity contribution in [2.45, 2.75) is 13.3 Å². The van der Waals surface area contributed by atoms with E-state index in [2.05, 4.69) is 4.74 Å². The predicted molar refractivity (Wildman–Crippen MR) is 53.3 cm³/mol. The summed E-state index contributed by atoms with van der Waals surface area (Å²) in [6.07, 6.45) is -0.471. The molecule has 1 aromatic carbocycles. The molecule has 0 saturated carbocycles. The van der Waals surface area contributed by atoms with Crippen molar-refractivity contribution in [3.63, 3.8) is 0 Å². The van der Waals surface area contributed by atoms with Gasteiger partial charge in [-0.15, -0.1) is 0 Å². The topological polar surface area (TPSA) is 69.4 Å². The molecule has 0 unspecified atom stereocenters. The molecule has 0 aliphatic carbocycles. The van der Waals surface area contributed by atoms with Crippen LogP contribution in [0.1, 0.15) is 12.5 Å². The second-order valence-electron chi connectivity index (χ2n) is 3.11. The lowest BCUT2D eigenvalue weighted by Crippen LogP contribution is -2.10. The Morgan fingerprint density at radius 1 is 1.47 bits per heavy atom. The summed E-state index contributed by atoms with van der Waals surface area (Å²) in [5.41, 5.74) is -1.24. The van der Waals surface area contributed by atoms with Gasteiger partial charge in [0.15, 0.2) is 5.82 Å². The standard InChI is InChI=1S/C10H9F2NO4/c1-2-17-8(14)5-6-3-4-7(11)9(12)10(6)13(15)16/h3-4H,2,5H2,1H3. The van der Waals surface area contributed by atoms with Gasteiger partial charge in [-0.05, 0) is 19.1 Å². The van der Waals surface area contributed by atoms with E-state index in [0.717, 1.165) is 12.1 Å². The average Bonchev–Trinajstić information content (AvgIpc) is 2.23. The van der Waals surface area contributed by atoms with Gasteiger partial charge in [-0.3, -0.25) is 14.9 Å². The molecule has 0 radical (unpaired) electrons. The molecule has 0 aromatic heterocycles. The third-order valence-electron chi connectivity index (χ3n) is 1.98. The van der Waals surface area contributed by atoms with Gasteiger partial charge in [0, 0.05) is 5.56 Å². The van der Waals surface area contributed by atoms with Gasteiger partial charge >= 0.3 is 11.7 Å². The summed E-state index contributed by atoms with van der Waals surface area (Å²) in [6.45, 7) is 1.67. The van der Waals surface area contributed by atoms with Crippen LogP contribution in [-0.2, 0) is 16.0 Å². The molecule has 0 fully saturated rings. The third-order valence-corrected chi connectivity index (χ3v) is 1.98. The molecular formula is C10H9F2NO4. The van der Waals surface area contributed by atoms with Gasteiger partial charge < -0.3 is 4.74 Å². The number of carbonyl (C=O) groups excluding carboxylic acids is 1. The van der Waals surface area contributed by atoms with E-state index >= 15 is 0 Å². The Morgan fingerprint density at radius 3 is 2.65 bits per heavy atom. The van der Waals surface area contributed by atoms with Crippen LogP contribution in [0.25, 0.3) is 0 Å². The fourth-order valence-corrected chi connectivity index (χ4v) is 1.29. The van der Waals surface area contributed by atoms with E-state index in [4.69, 9.17) is 0 Å². The summed E-state index contributed by atoms with van der Waals surface area (Å²) in [4.78, 5) is 20.6. The minimum atomic E-state index is -1.57. The van der Waals surface area contributed by atoms with Crippen molar-refractivity contribution in [2.75, 3.05) is 6.61 Å². The maximum atomic E-state index is 13.2. The first-order chi connectivity index (χ1) is 7.97. The summed E-state index contributed by atoms with van der Waals surface area (Å²) in [5, 5.41) is 10.6. The van der Waals surface area contributed by atoms with Crippen LogP contribution in [0.4, 0.5) is 14.5 Å². The molecule has 17 heavy (non-hydrogen) atoms. The summed E-state index contributed by atoms with van der Waals surface area (Å²) in [5.74, 6) is -3.64. The summed E-state index contributed by atoms with van der Waals surface area (Å²) >= 11 is 0. The van der Waals surface area contributed by atoms with Crippen molar-refractivity contribution in [1.82, 2.24) is 0 Å². The highest BCUT2D eigenvalue weighted by atomic mass is 19.2. The van der Waals surface area contributed by atoms with Crippen molar-refractivity contribution < 1.29 is 23.2 Å². The monoisotopic (exact) mass is 245 g/mol. The fourth-order valence-electron chi connectivity index (χ4n) is 1.29. The number of nitrogens with zero attached hydrogens (tertiary/aromatic N) is 1. The lowest BCUT2D eigenvalue weighted by atomic mass is 10.1. The molecule has 0 heterocycles. The number of ether oxygens (including phenoxy) is 1. The molecule has 92 valence electrons. The Kier molecular flexibility index (Phi) is 4.08. The fraction of sp³-hybridized carbons (Fsp3) is 0.300. The van der Waals surface area contributed by atoms with Gasteiger partial charge in [-0.1, -0.05) is 0 Å². The second-order valence-corrected chi connectivity index (χ2v) is 3.11. The third kappa shape index (κ3) is 2.96. The van der Waals surface area contributed by atoms with Crippen molar-refractivity contribution in [1.29, 1.82) is 0 Å². The number of halogens is 2. The van der Waals surface area contributed by atoms with Gasteiger partial charge in [0.25, 0.3) is 0 Å². The quantitative estimate of drug-likeness (QED) is 0.462. The van der Waals surface area contributed by atoms with Crippen molar-refractivity contribution >= 4 is 11.7 Å². The Balaban J connectivity index is 3.11. The van der Waals surface area contributed by atoms with Gasteiger partial charge in [-0.2, -0.15) is 4.39 Å². The molecule has 0 N–H and O–H groups in total. The number of hydrogen-bond donors (Lipinski definition) is 0. The number of rotatable bonds is 4. The molecule has 0 atom stereocenters. The number of nitro groups is 1. The molecular weight excluding hydrogens is 236 g/mol. The van der Waals surface area contributed by atoms with Crippen LogP contribution < -0.4 is 0 Å². The van der Waals surface area contributed by atoms with E-state index in [9.17, 15) is 23.7 Å². The van der Waals surface area contributed by atoms with Gasteiger partial charge in [0.1, 0.15) is 0 Å². The molecule has 0 spiro atoms. The van der Waals surface area contributed by atoms with Crippen molar-refractivity contribution in [2.24, 2.45) is 0 Å². The molecule has 0 saturated heterocycles. The van der Waals surface area contributed by atoms with Gasteiger partial charge in [-0.25, -0.2) is 4.39 Å². The maximum Gasteiger partial charge on any atom is 0.311 e. The highest BCUT2D eigenvalue weighted by Crippen LogP contribution is 2.25. The Bertz CT molecular complexity index is 462. The summed E-state index contributed by atoms with van der Waals surface area (Å²) in [6, 6.07) is 1.73. The van der Waals surface area contributed by atoms with Crippen LogP contribution in [0.15, 0.2) is 12.1 Å². The van der Waals surface area contributed by atoms with E-state index in [1.165, 1.54) is 0 Å². The molecule has 5 nitrogen and oxygen atoms in total. The first-order valence-corrected chi connectivity index (χ1v) is 4.74. The minimum Gasteiger partial charge on any atom is -0.466 e. The summed E-state index contributed by atoms with van der Waals surface area (Å²) < 4.78 is 30.6. The number of nitro benzene ring substituents is 1. The molecule has 1 aromatic rings. The van der Waals surface area contributed by atoms with E-state index < -0.39 is 34.6 Å². The summed E-state index contributed by atoms with van der Waals surface area (Å²) in [7, 11) is 0. The van der Waals surface area contributed by atoms with E-state index in [1.54, 1.807) is 6.92 Å². The maximum absolute atomic E-state index is 13.2. The Morgan fingerprint density at radius 2 is 2.12 bits per heavy atom. The van der Waals surface area contributed by atoms with Crippen LogP contribution in [0.3, 0.4) is 0 Å². The van der Waals surface area contributed by atoms with Crippen LogP contribution in [0, 0.1) is 21.7 Å². The predicted octanol–water partition coefficient (Wildman–Crippen LogP) is 1.98. The lowest BCUT2D eigenvalue weighted by Gasteiger charge is -2.04. The molecule has 1 rings (SSSR count). The number of carbonyl (C=O) groups is 1. The smallest absolute Gasteiger partial charge is 0.311 e. The Labute approximate surface area is 95.2 Å². The average molecular weight is 245 g/mol. The van der Waals surface area contributed by atoms with Gasteiger partial charge in [0.05, 0.1) is 18.0 Å². The van der Waals surface area contributed by atoms with E-state index in [0.29, 0.717) is 0 Å². The molecule has 0 amide bonds. The number of benzene rings is 1. The van der Waals surface area contributed by atoms with E-state index in [-0.39, 0.29) is 12.2 Å². The lowest BCUT2D eigenvalue weighted by molar-refractivity contribution is -0.388. The normalized spacial score (nSPS) is 10.1. The van der Waals surface area contributed by atoms with Crippen LogP contribution in [0.5, 0.6) is 0 Å². The molecule has 0 aliphatic rings. The van der Waals surface area contributed by atoms with Crippen LogP contribution in [0.2, 0.25) is 0 Å². The first kappa shape index (κ1) is 13.0. The van der Waals surface area contributed by atoms with Gasteiger partial charge in [0.2, 0.25) is 5.82 Å². The van der Waals surface area contributed by atoms with E-state index in [1.807, 2.05) is 0 Å². The van der Waals surface area contributed by atoms with Crippen molar-refractivity contribution in [3.05, 3.63) is 39.4 Å². The van der Waals surface area contributed by atoms with Crippen LogP contribution >= 0.6 is 0 Å². The molecule has 7 heteroatoms. The zero-order valence-electron chi connectivity index (χ0n) is 8.91. The zero-order valence-corrected chi connectivity index (χ0v) is 8.91. The number of esters is 1.